The van der Waals surface area contributed by atoms with Crippen LogP contribution in [0.15, 0.2) is 48.5 Å². The molecule has 0 spiro atoms. The molecular weight excluding hydrogens is 409 g/mol. The van der Waals surface area contributed by atoms with E-state index >= 15 is 0 Å². The van der Waals surface area contributed by atoms with E-state index in [1.54, 1.807) is 6.08 Å². The van der Waals surface area contributed by atoms with Crippen LogP contribution in [0.25, 0.3) is 6.08 Å². The lowest BCUT2D eigenvalue weighted by Crippen LogP contribution is -2.27. The Labute approximate surface area is 187 Å². The molecule has 1 unspecified atom stereocenters. The van der Waals surface area contributed by atoms with E-state index in [-0.39, 0.29) is 30.0 Å². The Balaban J connectivity index is 1.48. The highest BCUT2D eigenvalue weighted by Crippen LogP contribution is 2.32. The highest BCUT2D eigenvalue weighted by molar-refractivity contribution is 5.94. The molecule has 1 amide bonds. The highest BCUT2D eigenvalue weighted by Gasteiger charge is 2.24. The third-order valence-corrected chi connectivity index (χ3v) is 5.68. The minimum Gasteiger partial charge on any atom is -0.481 e. The molecule has 0 saturated heterocycles. The van der Waals surface area contributed by atoms with Gasteiger partial charge >= 0.3 is 5.97 Å². The topological polar surface area (TPSA) is 83.5 Å². The molecule has 0 aromatic heterocycles. The van der Waals surface area contributed by atoms with Gasteiger partial charge in [-0.05, 0) is 72.7 Å². The SMILES string of the molecule is O=C(O)CCCCCCC(=O)/C=C/c1ccc2c(c1)CCC2NC(=O)c1ccc(F)cc1. The molecule has 0 saturated carbocycles. The highest BCUT2D eigenvalue weighted by atomic mass is 19.1. The number of carboxylic acids is 1. The maximum atomic E-state index is 13.1. The lowest BCUT2D eigenvalue weighted by atomic mass is 10.0. The first-order valence-corrected chi connectivity index (χ1v) is 11.0. The second-order valence-electron chi connectivity index (χ2n) is 8.14. The van der Waals surface area contributed by atoms with E-state index in [1.165, 1.54) is 24.3 Å². The van der Waals surface area contributed by atoms with E-state index < -0.39 is 5.97 Å². The Kier molecular flexibility index (Phi) is 8.31. The van der Waals surface area contributed by atoms with Gasteiger partial charge in [-0.3, -0.25) is 14.4 Å². The van der Waals surface area contributed by atoms with Crippen LogP contribution in [-0.4, -0.2) is 22.8 Å². The van der Waals surface area contributed by atoms with Crippen LogP contribution in [0.3, 0.4) is 0 Å². The zero-order valence-electron chi connectivity index (χ0n) is 18.0. The Hall–Kier alpha value is -3.28. The number of ketones is 1. The maximum Gasteiger partial charge on any atom is 0.303 e. The number of hydrogen-bond acceptors (Lipinski definition) is 3. The number of aliphatic carboxylic acids is 1. The molecule has 2 aromatic carbocycles. The number of rotatable bonds is 11. The predicted molar refractivity (Wildman–Crippen MR) is 121 cm³/mol. The minimum atomic E-state index is -0.778. The number of hydrogen-bond donors (Lipinski definition) is 2. The molecule has 2 aromatic rings. The van der Waals surface area contributed by atoms with Crippen molar-refractivity contribution in [3.8, 4) is 0 Å². The van der Waals surface area contributed by atoms with Crippen molar-refractivity contribution < 1.29 is 23.9 Å². The molecule has 168 valence electrons. The van der Waals surface area contributed by atoms with Gasteiger partial charge in [-0.1, -0.05) is 37.1 Å². The van der Waals surface area contributed by atoms with E-state index in [9.17, 15) is 18.8 Å². The maximum absolute atomic E-state index is 13.1. The fourth-order valence-electron chi connectivity index (χ4n) is 3.94. The van der Waals surface area contributed by atoms with Crippen molar-refractivity contribution in [3.63, 3.8) is 0 Å². The summed E-state index contributed by atoms with van der Waals surface area (Å²) in [5, 5.41) is 11.6. The Bertz CT molecular complexity index is 997. The number of amides is 1. The lowest BCUT2D eigenvalue weighted by Gasteiger charge is -2.14. The van der Waals surface area contributed by atoms with Crippen molar-refractivity contribution in [1.82, 2.24) is 5.32 Å². The summed E-state index contributed by atoms with van der Waals surface area (Å²) in [6.45, 7) is 0. The number of fused-ring (bicyclic) bond motifs is 1. The average Bonchev–Trinajstić information content (AvgIpc) is 3.16. The molecular formula is C26H28FNO4. The van der Waals surface area contributed by atoms with Gasteiger partial charge in [0.15, 0.2) is 5.78 Å². The summed E-state index contributed by atoms with van der Waals surface area (Å²) < 4.78 is 13.1. The number of aryl methyl sites for hydroxylation is 1. The molecule has 0 heterocycles. The van der Waals surface area contributed by atoms with Gasteiger partial charge in [0, 0.05) is 18.4 Å². The van der Waals surface area contributed by atoms with Crippen molar-refractivity contribution in [2.45, 2.75) is 57.4 Å². The summed E-state index contributed by atoms with van der Waals surface area (Å²) in [7, 11) is 0. The molecule has 2 N–H and O–H groups in total. The van der Waals surface area contributed by atoms with Gasteiger partial charge in [-0.25, -0.2) is 4.39 Å². The van der Waals surface area contributed by atoms with Gasteiger partial charge in [0.05, 0.1) is 6.04 Å². The monoisotopic (exact) mass is 437 g/mol. The number of nitrogens with one attached hydrogen (secondary N) is 1. The third-order valence-electron chi connectivity index (χ3n) is 5.68. The summed E-state index contributed by atoms with van der Waals surface area (Å²) in [4.78, 5) is 35.0. The summed E-state index contributed by atoms with van der Waals surface area (Å²) in [5.41, 5.74) is 3.61. The van der Waals surface area contributed by atoms with Crippen molar-refractivity contribution in [2.24, 2.45) is 0 Å². The summed E-state index contributed by atoms with van der Waals surface area (Å²) in [5.74, 6) is -1.31. The van der Waals surface area contributed by atoms with Gasteiger partial charge in [-0.2, -0.15) is 0 Å². The van der Waals surface area contributed by atoms with Crippen LogP contribution in [0, 0.1) is 5.82 Å². The molecule has 3 rings (SSSR count). The predicted octanol–water partition coefficient (Wildman–Crippen LogP) is 5.25. The third kappa shape index (κ3) is 6.87. The molecule has 1 atom stereocenters. The Morgan fingerprint density at radius 3 is 2.44 bits per heavy atom. The van der Waals surface area contributed by atoms with E-state index in [0.29, 0.717) is 18.4 Å². The fraction of sp³-hybridized carbons (Fsp3) is 0.346. The van der Waals surface area contributed by atoms with Crippen LogP contribution in [0.4, 0.5) is 4.39 Å². The molecule has 5 nitrogen and oxygen atoms in total. The number of unbranched alkanes of at least 4 members (excludes halogenated alkanes) is 3. The van der Waals surface area contributed by atoms with Crippen molar-refractivity contribution in [2.75, 3.05) is 0 Å². The van der Waals surface area contributed by atoms with E-state index in [2.05, 4.69) is 11.4 Å². The molecule has 0 aliphatic heterocycles. The zero-order valence-corrected chi connectivity index (χ0v) is 18.0. The van der Waals surface area contributed by atoms with Gasteiger partial charge in [-0.15, -0.1) is 0 Å². The molecule has 32 heavy (non-hydrogen) atoms. The molecule has 0 bridgehead atoms. The number of benzene rings is 2. The quantitative estimate of drug-likeness (QED) is 0.371. The summed E-state index contributed by atoms with van der Waals surface area (Å²) in [6.07, 6.45) is 8.81. The van der Waals surface area contributed by atoms with Gasteiger partial charge in [0.2, 0.25) is 0 Å². The first-order valence-electron chi connectivity index (χ1n) is 11.0. The normalized spacial score (nSPS) is 15.0. The summed E-state index contributed by atoms with van der Waals surface area (Å²) >= 11 is 0. The van der Waals surface area contributed by atoms with E-state index in [0.717, 1.165) is 48.8 Å². The average molecular weight is 438 g/mol. The van der Waals surface area contributed by atoms with Gasteiger partial charge in [0.25, 0.3) is 5.91 Å². The molecule has 0 radical (unpaired) electrons. The van der Waals surface area contributed by atoms with E-state index in [1.807, 2.05) is 18.2 Å². The number of carbonyl (C=O) groups excluding carboxylic acids is 2. The van der Waals surface area contributed by atoms with Crippen molar-refractivity contribution in [1.29, 1.82) is 0 Å². The number of halogens is 1. The van der Waals surface area contributed by atoms with Crippen molar-refractivity contribution >= 4 is 23.7 Å². The Morgan fingerprint density at radius 1 is 1.00 bits per heavy atom. The second-order valence-corrected chi connectivity index (χ2v) is 8.14. The Morgan fingerprint density at radius 2 is 1.72 bits per heavy atom. The molecule has 0 fully saturated rings. The molecule has 6 heteroatoms. The minimum absolute atomic E-state index is 0.0631. The largest absolute Gasteiger partial charge is 0.481 e. The van der Waals surface area contributed by atoms with Crippen LogP contribution in [-0.2, 0) is 16.0 Å². The van der Waals surface area contributed by atoms with Crippen LogP contribution in [0.1, 0.15) is 78.0 Å². The first kappa shape index (κ1) is 23.4. The smallest absolute Gasteiger partial charge is 0.303 e. The number of carbonyl (C=O) groups is 3. The molecule has 1 aliphatic rings. The standard InChI is InChI=1S/C26H28FNO4/c27-21-12-9-19(10-13-21)26(32)28-24-16-11-20-17-18(8-15-23(20)24)7-14-22(29)5-3-1-2-4-6-25(30)31/h7-10,12-15,17,24H,1-6,11,16H2,(H,28,32)(H,30,31)/b14-7+. The van der Waals surface area contributed by atoms with Gasteiger partial charge in [0.1, 0.15) is 5.82 Å². The van der Waals surface area contributed by atoms with E-state index in [4.69, 9.17) is 5.11 Å². The first-order chi connectivity index (χ1) is 15.4. The number of allylic oxidation sites excluding steroid dienone is 1. The summed E-state index contributed by atoms with van der Waals surface area (Å²) in [6, 6.07) is 11.4. The van der Waals surface area contributed by atoms with Crippen molar-refractivity contribution in [3.05, 3.63) is 76.6 Å². The second kappa shape index (κ2) is 11.4. The lowest BCUT2D eigenvalue weighted by molar-refractivity contribution is -0.137. The number of carboxylic acid groups (broad SMARTS) is 1. The van der Waals surface area contributed by atoms with Crippen LogP contribution in [0.5, 0.6) is 0 Å². The van der Waals surface area contributed by atoms with Gasteiger partial charge < -0.3 is 10.4 Å². The fourth-order valence-corrected chi connectivity index (χ4v) is 3.94. The van der Waals surface area contributed by atoms with Crippen LogP contribution < -0.4 is 5.32 Å². The molecule has 1 aliphatic carbocycles. The van der Waals surface area contributed by atoms with Crippen LogP contribution >= 0.6 is 0 Å². The van der Waals surface area contributed by atoms with Crippen LogP contribution in [0.2, 0.25) is 0 Å². The zero-order chi connectivity index (χ0) is 22.9.